The lowest BCUT2D eigenvalue weighted by Crippen LogP contribution is -2.25. The van der Waals surface area contributed by atoms with Gasteiger partial charge in [0.25, 0.3) is 5.91 Å². The third-order valence-corrected chi connectivity index (χ3v) is 3.89. The van der Waals surface area contributed by atoms with E-state index in [-0.39, 0.29) is 11.7 Å². The molecule has 0 aliphatic heterocycles. The molecule has 1 heterocycles. The maximum atomic E-state index is 12.8. The van der Waals surface area contributed by atoms with Crippen molar-refractivity contribution in [1.29, 1.82) is 0 Å². The van der Waals surface area contributed by atoms with E-state index in [1.54, 1.807) is 25.3 Å². The van der Waals surface area contributed by atoms with Gasteiger partial charge in [-0.3, -0.25) is 4.79 Å². The van der Waals surface area contributed by atoms with Gasteiger partial charge in [-0.1, -0.05) is 12.1 Å². The molecule has 1 aromatic carbocycles. The highest BCUT2D eigenvalue weighted by atomic mass is 32.1. The summed E-state index contributed by atoms with van der Waals surface area (Å²) in [6.07, 6.45) is 2.21. The first kappa shape index (κ1) is 15.6. The number of hydrogen-bond donors (Lipinski definition) is 2. The predicted molar refractivity (Wildman–Crippen MR) is 80.0 cm³/mol. The maximum absolute atomic E-state index is 12.8. The average Bonchev–Trinajstić information content (AvgIpc) is 2.89. The largest absolute Gasteiger partial charge is 0.393 e. The summed E-state index contributed by atoms with van der Waals surface area (Å²) in [7, 11) is 0. The Morgan fingerprint density at radius 1 is 1.43 bits per heavy atom. The van der Waals surface area contributed by atoms with Crippen LogP contribution in [0.2, 0.25) is 0 Å². The van der Waals surface area contributed by atoms with Crippen LogP contribution in [0.1, 0.15) is 33.6 Å². The van der Waals surface area contributed by atoms with E-state index in [2.05, 4.69) is 10.3 Å². The lowest BCUT2D eigenvalue weighted by Gasteiger charge is -2.04. The molecule has 0 aliphatic rings. The van der Waals surface area contributed by atoms with Crippen LogP contribution in [-0.4, -0.2) is 28.6 Å². The Bertz CT molecular complexity index is 596. The lowest BCUT2D eigenvalue weighted by atomic mass is 10.2. The number of aliphatic hydroxyl groups is 1. The highest BCUT2D eigenvalue weighted by Gasteiger charge is 2.11. The average molecular weight is 308 g/mol. The molecule has 21 heavy (non-hydrogen) atoms. The van der Waals surface area contributed by atoms with Crippen LogP contribution in [0.25, 0.3) is 0 Å². The Morgan fingerprint density at radius 2 is 2.14 bits per heavy atom. The van der Waals surface area contributed by atoms with Gasteiger partial charge in [-0.2, -0.15) is 0 Å². The van der Waals surface area contributed by atoms with E-state index >= 15 is 0 Å². The van der Waals surface area contributed by atoms with Crippen molar-refractivity contribution in [2.24, 2.45) is 0 Å². The summed E-state index contributed by atoms with van der Waals surface area (Å²) >= 11 is 1.32. The van der Waals surface area contributed by atoms with Gasteiger partial charge in [0.2, 0.25) is 0 Å². The fraction of sp³-hybridized carbons (Fsp3) is 0.333. The number of nitrogens with one attached hydrogen (secondary N) is 1. The number of rotatable bonds is 6. The zero-order valence-corrected chi connectivity index (χ0v) is 12.5. The van der Waals surface area contributed by atoms with Crippen molar-refractivity contribution in [2.75, 3.05) is 6.54 Å². The second-order valence-electron chi connectivity index (χ2n) is 4.82. The van der Waals surface area contributed by atoms with Crippen LogP contribution in [-0.2, 0) is 6.42 Å². The molecule has 0 aliphatic carbocycles. The van der Waals surface area contributed by atoms with Gasteiger partial charge in [0.05, 0.1) is 17.3 Å². The first-order valence-electron chi connectivity index (χ1n) is 6.70. The van der Waals surface area contributed by atoms with Crippen molar-refractivity contribution >= 4 is 17.2 Å². The van der Waals surface area contributed by atoms with Gasteiger partial charge in [0.15, 0.2) is 0 Å². The van der Waals surface area contributed by atoms with E-state index in [0.29, 0.717) is 24.3 Å². The topological polar surface area (TPSA) is 62.2 Å². The van der Waals surface area contributed by atoms with Crippen molar-refractivity contribution in [3.63, 3.8) is 0 Å². The second kappa shape index (κ2) is 7.28. The molecule has 0 radical (unpaired) electrons. The SMILES string of the molecule is CC(O)CCNC(=O)c1cnc(Cc2ccc(F)cc2)s1. The number of nitrogens with zero attached hydrogens (tertiary/aromatic N) is 1. The first-order chi connectivity index (χ1) is 10.0. The number of thiazole rings is 1. The zero-order chi connectivity index (χ0) is 15.2. The molecule has 0 fully saturated rings. The minimum absolute atomic E-state index is 0.182. The van der Waals surface area contributed by atoms with Crippen LogP contribution in [0, 0.1) is 5.82 Å². The summed E-state index contributed by atoms with van der Waals surface area (Å²) in [5.74, 6) is -0.449. The Kier molecular flexibility index (Phi) is 5.41. The van der Waals surface area contributed by atoms with Crippen LogP contribution in [0.5, 0.6) is 0 Å². The summed E-state index contributed by atoms with van der Waals surface area (Å²) in [4.78, 5) is 16.6. The van der Waals surface area contributed by atoms with E-state index in [4.69, 9.17) is 5.11 Å². The molecule has 2 rings (SSSR count). The minimum atomic E-state index is -0.430. The van der Waals surface area contributed by atoms with E-state index < -0.39 is 6.10 Å². The summed E-state index contributed by atoms with van der Waals surface area (Å²) in [5, 5.41) is 12.7. The Hall–Kier alpha value is -1.79. The third-order valence-electron chi connectivity index (χ3n) is 2.89. The van der Waals surface area contributed by atoms with Gasteiger partial charge in [-0.05, 0) is 31.0 Å². The maximum Gasteiger partial charge on any atom is 0.263 e. The molecule has 0 saturated carbocycles. The highest BCUT2D eigenvalue weighted by molar-refractivity contribution is 7.13. The third kappa shape index (κ3) is 4.91. The second-order valence-corrected chi connectivity index (χ2v) is 5.93. The standard InChI is InChI=1S/C15H17FN2O2S/c1-10(19)6-7-17-15(20)13-9-18-14(21-13)8-11-2-4-12(16)5-3-11/h2-5,9-10,19H,6-8H2,1H3,(H,17,20). The van der Waals surface area contributed by atoms with Crippen molar-refractivity contribution in [3.8, 4) is 0 Å². The fourth-order valence-electron chi connectivity index (χ4n) is 1.76. The van der Waals surface area contributed by atoms with E-state index in [1.165, 1.54) is 23.5 Å². The monoisotopic (exact) mass is 308 g/mol. The quantitative estimate of drug-likeness (QED) is 0.861. The number of carbonyl (C=O) groups excluding carboxylic acids is 1. The molecule has 0 saturated heterocycles. The number of aromatic nitrogens is 1. The van der Waals surface area contributed by atoms with Crippen LogP contribution >= 0.6 is 11.3 Å². The predicted octanol–water partition coefficient (Wildman–Crippen LogP) is 2.37. The van der Waals surface area contributed by atoms with Gasteiger partial charge in [0.1, 0.15) is 10.7 Å². The van der Waals surface area contributed by atoms with Crippen LogP contribution in [0.15, 0.2) is 30.5 Å². The number of carbonyl (C=O) groups is 1. The number of hydrogen-bond acceptors (Lipinski definition) is 4. The molecule has 1 aromatic heterocycles. The minimum Gasteiger partial charge on any atom is -0.393 e. The fourth-order valence-corrected chi connectivity index (χ4v) is 2.62. The van der Waals surface area contributed by atoms with Gasteiger partial charge >= 0.3 is 0 Å². The Balaban J connectivity index is 1.91. The van der Waals surface area contributed by atoms with Gasteiger partial charge < -0.3 is 10.4 Å². The van der Waals surface area contributed by atoms with Crippen LogP contribution in [0.4, 0.5) is 4.39 Å². The van der Waals surface area contributed by atoms with E-state index in [9.17, 15) is 9.18 Å². The Labute approximate surface area is 126 Å². The number of benzene rings is 1. The van der Waals surface area contributed by atoms with Crippen LogP contribution < -0.4 is 5.32 Å². The number of halogens is 1. The smallest absolute Gasteiger partial charge is 0.263 e. The molecule has 1 atom stereocenters. The van der Waals surface area contributed by atoms with Gasteiger partial charge in [0, 0.05) is 13.0 Å². The van der Waals surface area contributed by atoms with Gasteiger partial charge in [-0.25, -0.2) is 9.37 Å². The van der Waals surface area contributed by atoms with Crippen LogP contribution in [0.3, 0.4) is 0 Å². The molecule has 112 valence electrons. The molecule has 2 N–H and O–H groups in total. The van der Waals surface area contributed by atoms with Gasteiger partial charge in [-0.15, -0.1) is 11.3 Å². The summed E-state index contributed by atoms with van der Waals surface area (Å²) < 4.78 is 12.8. The van der Waals surface area contributed by atoms with E-state index in [0.717, 1.165) is 10.6 Å². The number of aliphatic hydroxyl groups excluding tert-OH is 1. The van der Waals surface area contributed by atoms with Crippen molar-refractivity contribution in [3.05, 3.63) is 51.7 Å². The molecule has 6 heteroatoms. The van der Waals surface area contributed by atoms with Crippen molar-refractivity contribution < 1.29 is 14.3 Å². The molecular weight excluding hydrogens is 291 g/mol. The first-order valence-corrected chi connectivity index (χ1v) is 7.51. The Morgan fingerprint density at radius 3 is 2.81 bits per heavy atom. The summed E-state index contributed by atoms with van der Waals surface area (Å²) in [6.45, 7) is 2.11. The zero-order valence-electron chi connectivity index (χ0n) is 11.7. The molecule has 4 nitrogen and oxygen atoms in total. The van der Waals surface area contributed by atoms with Crippen molar-refractivity contribution in [2.45, 2.75) is 25.9 Å². The molecular formula is C15H17FN2O2S. The molecule has 1 unspecified atom stereocenters. The van der Waals surface area contributed by atoms with E-state index in [1.807, 2.05) is 0 Å². The summed E-state index contributed by atoms with van der Waals surface area (Å²) in [5.41, 5.74) is 0.951. The molecule has 0 spiro atoms. The molecule has 1 amide bonds. The molecule has 2 aromatic rings. The number of amides is 1. The summed E-state index contributed by atoms with van der Waals surface area (Å²) in [6, 6.07) is 6.23. The lowest BCUT2D eigenvalue weighted by molar-refractivity contribution is 0.0949. The molecule has 0 bridgehead atoms. The van der Waals surface area contributed by atoms with Crippen molar-refractivity contribution in [1.82, 2.24) is 10.3 Å². The highest BCUT2D eigenvalue weighted by Crippen LogP contribution is 2.17. The normalized spacial score (nSPS) is 12.1.